The lowest BCUT2D eigenvalue weighted by atomic mass is 10.1. The molecule has 0 bridgehead atoms. The predicted octanol–water partition coefficient (Wildman–Crippen LogP) is 4.87. The molecule has 2 aromatic heterocycles. The Kier molecular flexibility index (Phi) is 3.81. The third-order valence-electron chi connectivity index (χ3n) is 2.88. The van der Waals surface area contributed by atoms with Gasteiger partial charge in [0, 0.05) is 5.56 Å². The molecule has 20 heavy (non-hydrogen) atoms. The van der Waals surface area contributed by atoms with Crippen LogP contribution in [0.1, 0.15) is 5.56 Å². The number of benzene rings is 1. The van der Waals surface area contributed by atoms with Crippen molar-refractivity contribution in [3.05, 3.63) is 51.3 Å². The summed E-state index contributed by atoms with van der Waals surface area (Å²) >= 11 is 13.4. The monoisotopic (exact) mass is 325 g/mol. The van der Waals surface area contributed by atoms with Crippen LogP contribution in [0.4, 0.5) is 0 Å². The fourth-order valence-corrected chi connectivity index (χ4v) is 2.95. The summed E-state index contributed by atoms with van der Waals surface area (Å²) < 4.78 is 5.38. The predicted molar refractivity (Wildman–Crippen MR) is 81.2 cm³/mol. The molecule has 2 heterocycles. The van der Waals surface area contributed by atoms with Crippen molar-refractivity contribution in [1.29, 1.82) is 0 Å². The lowest BCUT2D eigenvalue weighted by Gasteiger charge is -2.02. The smallest absolute Gasteiger partial charge is 0.182 e. The summed E-state index contributed by atoms with van der Waals surface area (Å²) in [7, 11) is 0. The first-order chi connectivity index (χ1) is 9.70. The number of rotatable bonds is 3. The topological polar surface area (TPSA) is 46.3 Å². The van der Waals surface area contributed by atoms with Gasteiger partial charge in [-0.25, -0.2) is 0 Å². The van der Waals surface area contributed by atoms with Gasteiger partial charge in [0.1, 0.15) is 5.69 Å². The van der Waals surface area contributed by atoms with Crippen LogP contribution in [-0.4, -0.2) is 10.3 Å². The minimum Gasteiger partial charge on any atom is -0.391 e. The summed E-state index contributed by atoms with van der Waals surface area (Å²) in [5, 5.41) is 16.5. The van der Waals surface area contributed by atoms with Crippen molar-refractivity contribution >= 4 is 34.5 Å². The van der Waals surface area contributed by atoms with Gasteiger partial charge in [0.2, 0.25) is 0 Å². The largest absolute Gasteiger partial charge is 0.391 e. The van der Waals surface area contributed by atoms with E-state index in [2.05, 4.69) is 5.16 Å². The first kappa shape index (κ1) is 13.6. The molecule has 1 N–H and O–H groups in total. The van der Waals surface area contributed by atoms with Crippen molar-refractivity contribution in [2.45, 2.75) is 6.61 Å². The van der Waals surface area contributed by atoms with Crippen LogP contribution >= 0.6 is 34.5 Å². The van der Waals surface area contributed by atoms with Crippen LogP contribution in [0.5, 0.6) is 0 Å². The van der Waals surface area contributed by atoms with Crippen molar-refractivity contribution in [1.82, 2.24) is 5.16 Å². The van der Waals surface area contributed by atoms with Gasteiger partial charge in [0.05, 0.1) is 27.1 Å². The number of aliphatic hydroxyl groups excluding tert-OH is 1. The molecule has 3 nitrogen and oxygen atoms in total. The lowest BCUT2D eigenvalue weighted by molar-refractivity contribution is 0.282. The molecule has 0 amide bonds. The van der Waals surface area contributed by atoms with Crippen molar-refractivity contribution in [2.24, 2.45) is 0 Å². The van der Waals surface area contributed by atoms with Gasteiger partial charge in [0.25, 0.3) is 0 Å². The number of hydrogen-bond acceptors (Lipinski definition) is 4. The van der Waals surface area contributed by atoms with Gasteiger partial charge in [0.15, 0.2) is 5.76 Å². The van der Waals surface area contributed by atoms with Gasteiger partial charge in [-0.1, -0.05) is 40.5 Å². The van der Waals surface area contributed by atoms with Crippen LogP contribution in [0.15, 0.2) is 40.2 Å². The Bertz CT molecular complexity index is 738. The molecular weight excluding hydrogens is 317 g/mol. The molecule has 0 atom stereocenters. The fourth-order valence-electron chi connectivity index (χ4n) is 1.93. The van der Waals surface area contributed by atoms with Crippen LogP contribution in [0.3, 0.4) is 0 Å². The summed E-state index contributed by atoms with van der Waals surface area (Å²) in [4.78, 5) is 0.924. The van der Waals surface area contributed by atoms with Gasteiger partial charge in [-0.15, -0.1) is 11.3 Å². The molecule has 0 saturated carbocycles. The molecule has 0 fully saturated rings. The van der Waals surface area contributed by atoms with E-state index in [-0.39, 0.29) is 6.61 Å². The molecule has 6 heteroatoms. The van der Waals surface area contributed by atoms with Gasteiger partial charge in [-0.2, -0.15) is 0 Å². The number of aromatic nitrogens is 1. The highest BCUT2D eigenvalue weighted by atomic mass is 35.5. The minimum absolute atomic E-state index is 0.160. The van der Waals surface area contributed by atoms with Crippen LogP contribution in [0.2, 0.25) is 10.0 Å². The van der Waals surface area contributed by atoms with Crippen molar-refractivity contribution in [3.63, 3.8) is 0 Å². The zero-order valence-electron chi connectivity index (χ0n) is 10.1. The van der Waals surface area contributed by atoms with E-state index in [1.54, 1.807) is 18.2 Å². The molecule has 1 aromatic carbocycles. The Morgan fingerprint density at radius 1 is 1.20 bits per heavy atom. The molecule has 0 spiro atoms. The molecule has 102 valence electrons. The summed E-state index contributed by atoms with van der Waals surface area (Å²) in [6, 6.07) is 9.04. The molecular formula is C14H9Cl2NO2S. The second-order valence-corrected chi connectivity index (χ2v) is 5.87. The standard InChI is InChI=1S/C14H9Cl2NO2S/c15-10-4-3-8(6-11(10)16)13-9(7-18)14(19-17-13)12-2-1-5-20-12/h1-6,18H,7H2. The van der Waals surface area contributed by atoms with E-state index in [1.165, 1.54) is 11.3 Å². The number of nitrogens with zero attached hydrogens (tertiary/aromatic N) is 1. The second kappa shape index (κ2) is 5.58. The highest BCUT2D eigenvalue weighted by Crippen LogP contribution is 2.36. The second-order valence-electron chi connectivity index (χ2n) is 4.10. The average molecular weight is 326 g/mol. The van der Waals surface area contributed by atoms with E-state index in [0.717, 1.165) is 10.4 Å². The number of hydrogen-bond donors (Lipinski definition) is 1. The lowest BCUT2D eigenvalue weighted by Crippen LogP contribution is -1.88. The van der Waals surface area contributed by atoms with Gasteiger partial charge in [-0.05, 0) is 23.6 Å². The summed E-state index contributed by atoms with van der Waals surface area (Å²) in [5.74, 6) is 0.587. The maximum atomic E-state index is 9.62. The molecule has 3 rings (SSSR count). The average Bonchev–Trinajstić information content (AvgIpc) is 3.09. The van der Waals surface area contributed by atoms with Crippen molar-refractivity contribution in [3.8, 4) is 21.9 Å². The van der Waals surface area contributed by atoms with E-state index in [9.17, 15) is 5.11 Å². The first-order valence-corrected chi connectivity index (χ1v) is 7.43. The molecule has 0 aliphatic rings. The van der Waals surface area contributed by atoms with Gasteiger partial charge < -0.3 is 9.63 Å². The normalized spacial score (nSPS) is 10.9. The van der Waals surface area contributed by atoms with Gasteiger partial charge >= 0.3 is 0 Å². The van der Waals surface area contributed by atoms with E-state index in [0.29, 0.717) is 27.1 Å². The van der Waals surface area contributed by atoms with Crippen LogP contribution in [0.25, 0.3) is 21.9 Å². The summed E-state index contributed by atoms with van der Waals surface area (Å²) in [5.41, 5.74) is 1.98. The Hall–Kier alpha value is -1.33. The number of aliphatic hydroxyl groups is 1. The molecule has 3 aromatic rings. The van der Waals surface area contributed by atoms with E-state index in [1.807, 2.05) is 17.5 Å². The summed E-state index contributed by atoms with van der Waals surface area (Å²) in [6.07, 6.45) is 0. The maximum Gasteiger partial charge on any atom is 0.182 e. The van der Waals surface area contributed by atoms with Crippen LogP contribution in [-0.2, 0) is 6.61 Å². The minimum atomic E-state index is -0.160. The quantitative estimate of drug-likeness (QED) is 0.747. The summed E-state index contributed by atoms with van der Waals surface area (Å²) in [6.45, 7) is -0.160. The Morgan fingerprint density at radius 2 is 2.05 bits per heavy atom. The van der Waals surface area contributed by atoms with E-state index in [4.69, 9.17) is 27.7 Å². The third kappa shape index (κ3) is 2.36. The van der Waals surface area contributed by atoms with Crippen LogP contribution in [0, 0.1) is 0 Å². The Morgan fingerprint density at radius 3 is 2.70 bits per heavy atom. The Labute approximate surface area is 129 Å². The molecule has 0 radical (unpaired) electrons. The van der Waals surface area contributed by atoms with Gasteiger partial charge in [-0.3, -0.25) is 0 Å². The molecule has 0 aliphatic heterocycles. The third-order valence-corrected chi connectivity index (χ3v) is 4.49. The molecule has 0 aliphatic carbocycles. The maximum absolute atomic E-state index is 9.62. The fraction of sp³-hybridized carbons (Fsp3) is 0.0714. The van der Waals surface area contributed by atoms with Crippen molar-refractivity contribution < 1.29 is 9.63 Å². The first-order valence-electron chi connectivity index (χ1n) is 5.79. The number of thiophene rings is 1. The zero-order valence-corrected chi connectivity index (χ0v) is 12.5. The van der Waals surface area contributed by atoms with Crippen molar-refractivity contribution in [2.75, 3.05) is 0 Å². The Balaban J connectivity index is 2.13. The highest BCUT2D eigenvalue weighted by molar-refractivity contribution is 7.13. The zero-order chi connectivity index (χ0) is 14.1. The molecule has 0 saturated heterocycles. The van der Waals surface area contributed by atoms with Crippen LogP contribution < -0.4 is 0 Å². The van der Waals surface area contributed by atoms with E-state index < -0.39 is 0 Å². The highest BCUT2D eigenvalue weighted by Gasteiger charge is 2.19. The SMILES string of the molecule is OCc1c(-c2ccc(Cl)c(Cl)c2)noc1-c1cccs1. The number of halogens is 2. The molecule has 0 unspecified atom stereocenters. The van der Waals surface area contributed by atoms with E-state index >= 15 is 0 Å².